The Balaban J connectivity index is 2.35. The Morgan fingerprint density at radius 3 is 2.72 bits per heavy atom. The van der Waals surface area contributed by atoms with Crippen LogP contribution >= 0.6 is 0 Å². The van der Waals surface area contributed by atoms with Crippen LogP contribution in [-0.4, -0.2) is 18.9 Å². The third-order valence-electron chi connectivity index (χ3n) is 3.58. The van der Waals surface area contributed by atoms with Gasteiger partial charge in [-0.25, -0.2) is 4.39 Å². The quantitative estimate of drug-likeness (QED) is 0.746. The van der Waals surface area contributed by atoms with Crippen LogP contribution < -0.4 is 4.90 Å². The normalized spacial score (nSPS) is 18.8. The number of hydrogen-bond donors (Lipinski definition) is 0. The molecule has 0 atom stereocenters. The van der Waals surface area contributed by atoms with E-state index in [2.05, 4.69) is 18.7 Å². The van der Waals surface area contributed by atoms with Gasteiger partial charge in [0.05, 0.1) is 0 Å². The van der Waals surface area contributed by atoms with Crippen molar-refractivity contribution < 1.29 is 9.18 Å². The minimum Gasteiger partial charge on any atom is -0.370 e. The van der Waals surface area contributed by atoms with Crippen LogP contribution in [0.2, 0.25) is 0 Å². The minimum absolute atomic E-state index is 0.0760. The van der Waals surface area contributed by atoms with Crippen LogP contribution in [0.3, 0.4) is 0 Å². The molecule has 0 unspecified atom stereocenters. The van der Waals surface area contributed by atoms with Crippen molar-refractivity contribution in [3.05, 3.63) is 29.6 Å². The van der Waals surface area contributed by atoms with Crippen LogP contribution in [0.1, 0.15) is 44.0 Å². The second-order valence-electron chi connectivity index (χ2n) is 5.91. The predicted molar refractivity (Wildman–Crippen MR) is 71.6 cm³/mol. The molecule has 0 aliphatic carbocycles. The van der Waals surface area contributed by atoms with Gasteiger partial charge in [-0.1, -0.05) is 13.8 Å². The van der Waals surface area contributed by atoms with Gasteiger partial charge in [0.25, 0.3) is 0 Å². The Bertz CT molecular complexity index is 468. The summed E-state index contributed by atoms with van der Waals surface area (Å²) in [4.78, 5) is 13.8. The summed E-state index contributed by atoms with van der Waals surface area (Å²) in [5.74, 6) is -0.423. The smallest absolute Gasteiger partial charge is 0.161 e. The van der Waals surface area contributed by atoms with Crippen molar-refractivity contribution in [2.24, 2.45) is 5.41 Å². The number of carbonyl (C=O) groups excluding carboxylic acids is 1. The van der Waals surface area contributed by atoms with Crippen LogP contribution in [0, 0.1) is 11.2 Å². The zero-order valence-corrected chi connectivity index (χ0v) is 11.3. The number of rotatable bonds is 2. The number of nitrogens with zero attached hydrogens (tertiary/aromatic N) is 1. The van der Waals surface area contributed by atoms with E-state index in [0.717, 1.165) is 25.2 Å². The van der Waals surface area contributed by atoms with Crippen molar-refractivity contribution in [2.75, 3.05) is 18.0 Å². The molecular weight excluding hydrogens is 229 g/mol. The Morgan fingerprint density at radius 2 is 2.11 bits per heavy atom. The molecule has 98 valence electrons. The van der Waals surface area contributed by atoms with Crippen molar-refractivity contribution in [3.8, 4) is 0 Å². The molecule has 1 fully saturated rings. The molecule has 0 spiro atoms. The first kappa shape index (κ1) is 13.1. The van der Waals surface area contributed by atoms with Gasteiger partial charge in [0, 0.05) is 24.3 Å². The number of hydrogen-bond acceptors (Lipinski definition) is 2. The van der Waals surface area contributed by atoms with Gasteiger partial charge >= 0.3 is 0 Å². The van der Waals surface area contributed by atoms with E-state index in [1.165, 1.54) is 25.5 Å². The van der Waals surface area contributed by atoms with Gasteiger partial charge in [-0.2, -0.15) is 0 Å². The van der Waals surface area contributed by atoms with Gasteiger partial charge in [-0.3, -0.25) is 4.79 Å². The Hall–Kier alpha value is -1.38. The van der Waals surface area contributed by atoms with Crippen LogP contribution in [0.15, 0.2) is 18.2 Å². The summed E-state index contributed by atoms with van der Waals surface area (Å²) in [7, 11) is 0. The molecule has 2 nitrogen and oxygen atoms in total. The molecule has 0 aromatic heterocycles. The average molecular weight is 249 g/mol. The second kappa shape index (κ2) is 4.71. The SMILES string of the molecule is CC(=O)c1cc(F)ccc1N1CCCC(C)(C)C1. The Morgan fingerprint density at radius 1 is 1.39 bits per heavy atom. The van der Waals surface area contributed by atoms with Gasteiger partial charge in [-0.15, -0.1) is 0 Å². The molecule has 0 amide bonds. The molecule has 0 saturated carbocycles. The van der Waals surface area contributed by atoms with Crippen molar-refractivity contribution in [1.29, 1.82) is 0 Å². The fourth-order valence-corrected chi connectivity index (χ4v) is 2.69. The van der Waals surface area contributed by atoms with E-state index in [9.17, 15) is 9.18 Å². The van der Waals surface area contributed by atoms with Gasteiger partial charge < -0.3 is 4.90 Å². The van der Waals surface area contributed by atoms with Crippen molar-refractivity contribution >= 4 is 11.5 Å². The van der Waals surface area contributed by atoms with E-state index >= 15 is 0 Å². The van der Waals surface area contributed by atoms with Gasteiger partial charge in [0.1, 0.15) is 5.82 Å². The standard InChI is InChI=1S/C15H20FNO/c1-11(18)13-9-12(16)5-6-14(13)17-8-4-7-15(2,3)10-17/h5-6,9H,4,7-8,10H2,1-3H3. The third kappa shape index (κ3) is 2.71. The van der Waals surface area contributed by atoms with Crippen molar-refractivity contribution in [1.82, 2.24) is 0 Å². The summed E-state index contributed by atoms with van der Waals surface area (Å²) in [6.07, 6.45) is 2.31. The molecule has 1 aromatic carbocycles. The van der Waals surface area contributed by atoms with Crippen molar-refractivity contribution in [2.45, 2.75) is 33.6 Å². The first-order chi connectivity index (χ1) is 8.39. The van der Waals surface area contributed by atoms with Crippen LogP contribution in [0.4, 0.5) is 10.1 Å². The molecule has 1 heterocycles. The number of piperidine rings is 1. The number of Topliss-reactive ketones (excluding diaryl/α,β-unsaturated/α-hetero) is 1. The summed E-state index contributed by atoms with van der Waals surface area (Å²) in [5.41, 5.74) is 1.62. The lowest BCUT2D eigenvalue weighted by Gasteiger charge is -2.40. The highest BCUT2D eigenvalue weighted by Gasteiger charge is 2.28. The van der Waals surface area contributed by atoms with E-state index in [1.807, 2.05) is 0 Å². The highest BCUT2D eigenvalue weighted by atomic mass is 19.1. The first-order valence-electron chi connectivity index (χ1n) is 6.44. The topological polar surface area (TPSA) is 20.3 Å². The maximum Gasteiger partial charge on any atom is 0.161 e. The fourth-order valence-electron chi connectivity index (χ4n) is 2.69. The monoisotopic (exact) mass is 249 g/mol. The molecule has 1 aromatic rings. The van der Waals surface area contributed by atoms with E-state index in [-0.39, 0.29) is 17.0 Å². The minimum atomic E-state index is -0.347. The molecule has 3 heteroatoms. The molecule has 0 radical (unpaired) electrons. The Kier molecular flexibility index (Phi) is 3.42. The number of halogens is 1. The lowest BCUT2D eigenvalue weighted by molar-refractivity contribution is 0.101. The van der Waals surface area contributed by atoms with E-state index in [0.29, 0.717) is 5.56 Å². The highest BCUT2D eigenvalue weighted by molar-refractivity contribution is 5.99. The maximum atomic E-state index is 13.3. The zero-order chi connectivity index (χ0) is 13.3. The number of benzene rings is 1. The molecule has 1 aliphatic heterocycles. The lowest BCUT2D eigenvalue weighted by Crippen LogP contribution is -2.40. The predicted octanol–water partition coefficient (Wildman–Crippen LogP) is 3.65. The number of carbonyl (C=O) groups is 1. The molecule has 0 N–H and O–H groups in total. The van der Waals surface area contributed by atoms with Crippen LogP contribution in [0.25, 0.3) is 0 Å². The average Bonchev–Trinajstić information content (AvgIpc) is 2.27. The third-order valence-corrected chi connectivity index (χ3v) is 3.58. The largest absolute Gasteiger partial charge is 0.370 e. The van der Waals surface area contributed by atoms with E-state index in [1.54, 1.807) is 6.07 Å². The van der Waals surface area contributed by atoms with E-state index < -0.39 is 0 Å². The summed E-state index contributed by atoms with van der Waals surface area (Å²) >= 11 is 0. The summed E-state index contributed by atoms with van der Waals surface area (Å²) in [5, 5.41) is 0. The molecule has 18 heavy (non-hydrogen) atoms. The van der Waals surface area contributed by atoms with E-state index in [4.69, 9.17) is 0 Å². The fraction of sp³-hybridized carbons (Fsp3) is 0.533. The summed E-state index contributed by atoms with van der Waals surface area (Å²) < 4.78 is 13.3. The molecular formula is C15H20FNO. The maximum absolute atomic E-state index is 13.3. The van der Waals surface area contributed by atoms with Gasteiger partial charge in [0.15, 0.2) is 5.78 Å². The molecule has 0 bridgehead atoms. The number of anilines is 1. The number of ketones is 1. The highest BCUT2D eigenvalue weighted by Crippen LogP contribution is 2.33. The summed E-state index contributed by atoms with van der Waals surface area (Å²) in [6.45, 7) is 7.81. The van der Waals surface area contributed by atoms with Gasteiger partial charge in [0.2, 0.25) is 0 Å². The van der Waals surface area contributed by atoms with Gasteiger partial charge in [-0.05, 0) is 43.4 Å². The van der Waals surface area contributed by atoms with Crippen LogP contribution in [0.5, 0.6) is 0 Å². The van der Waals surface area contributed by atoms with Crippen molar-refractivity contribution in [3.63, 3.8) is 0 Å². The molecule has 1 aliphatic rings. The zero-order valence-electron chi connectivity index (χ0n) is 11.3. The molecule has 2 rings (SSSR count). The first-order valence-corrected chi connectivity index (χ1v) is 6.44. The van der Waals surface area contributed by atoms with Crippen LogP contribution in [-0.2, 0) is 0 Å². The Labute approximate surface area is 108 Å². The summed E-state index contributed by atoms with van der Waals surface area (Å²) in [6, 6.07) is 4.51. The molecule has 1 saturated heterocycles. The second-order valence-corrected chi connectivity index (χ2v) is 5.91. The lowest BCUT2D eigenvalue weighted by atomic mass is 9.83.